The maximum Gasteiger partial charge on any atom is 0.342 e. The smallest absolute Gasteiger partial charge is 0.342 e. The first-order valence-corrected chi connectivity index (χ1v) is 6.54. The van der Waals surface area contributed by atoms with Gasteiger partial charge in [0, 0.05) is 4.47 Å². The highest BCUT2D eigenvalue weighted by Gasteiger charge is 2.17. The number of esters is 1. The predicted octanol–water partition coefficient (Wildman–Crippen LogP) is 1.59. The van der Waals surface area contributed by atoms with Crippen LogP contribution in [-0.2, 0) is 9.53 Å². The van der Waals surface area contributed by atoms with Crippen LogP contribution in [0.3, 0.4) is 0 Å². The van der Waals surface area contributed by atoms with Gasteiger partial charge in [-0.3, -0.25) is 4.79 Å². The van der Waals surface area contributed by atoms with Gasteiger partial charge in [0.1, 0.15) is 5.56 Å². The van der Waals surface area contributed by atoms with Crippen molar-refractivity contribution in [1.29, 1.82) is 0 Å². The first-order valence-electron chi connectivity index (χ1n) is 5.75. The number of nitrogens with zero attached hydrogens (tertiary/aromatic N) is 2. The Hall–Kier alpha value is -2.15. The summed E-state index contributed by atoms with van der Waals surface area (Å²) in [7, 11) is 0. The molecule has 0 spiro atoms. The van der Waals surface area contributed by atoms with Gasteiger partial charge in [0.15, 0.2) is 6.61 Å². The van der Waals surface area contributed by atoms with Gasteiger partial charge in [0.2, 0.25) is 0 Å². The molecule has 7 heteroatoms. The second-order valence-electron chi connectivity index (χ2n) is 4.08. The molecule has 0 aliphatic heterocycles. The average molecular weight is 338 g/mol. The Labute approximate surface area is 123 Å². The highest BCUT2D eigenvalue weighted by Crippen LogP contribution is 2.18. The molecule has 0 saturated carbocycles. The molecule has 0 radical (unpaired) electrons. The topological polar surface area (TPSA) is 87.2 Å². The lowest BCUT2D eigenvalue weighted by Crippen LogP contribution is -2.21. The second-order valence-corrected chi connectivity index (χ2v) is 4.99. The Morgan fingerprint density at radius 3 is 2.85 bits per heavy atom. The lowest BCUT2D eigenvalue weighted by Gasteiger charge is -2.06. The van der Waals surface area contributed by atoms with E-state index in [2.05, 4.69) is 21.0 Å². The molecule has 0 aliphatic carbocycles. The van der Waals surface area contributed by atoms with Gasteiger partial charge in [-0.2, -0.15) is 5.10 Å². The summed E-state index contributed by atoms with van der Waals surface area (Å²) in [5, 5.41) is 4.15. The molecule has 2 rings (SSSR count). The van der Waals surface area contributed by atoms with E-state index in [9.17, 15) is 9.59 Å². The number of carbonyl (C=O) groups excluding carboxylic acids is 2. The fourth-order valence-electron chi connectivity index (χ4n) is 1.69. The van der Waals surface area contributed by atoms with Crippen LogP contribution in [0.1, 0.15) is 16.1 Å². The van der Waals surface area contributed by atoms with Crippen molar-refractivity contribution in [2.45, 2.75) is 6.92 Å². The summed E-state index contributed by atoms with van der Waals surface area (Å²) in [6.07, 6.45) is 1.40. The molecule has 0 unspecified atom stereocenters. The molecule has 2 N–H and O–H groups in total. The molecule has 6 nitrogen and oxygen atoms in total. The number of nitrogens with two attached hydrogens (primary N) is 1. The van der Waals surface area contributed by atoms with E-state index in [1.54, 1.807) is 11.6 Å². The van der Waals surface area contributed by atoms with E-state index in [0.717, 1.165) is 10.2 Å². The third-order valence-electron chi connectivity index (χ3n) is 2.63. The molecule has 1 heterocycles. The third-order valence-corrected chi connectivity index (χ3v) is 3.12. The van der Waals surface area contributed by atoms with Gasteiger partial charge in [-0.05, 0) is 25.1 Å². The summed E-state index contributed by atoms with van der Waals surface area (Å²) in [5.74, 6) is -1.32. The van der Waals surface area contributed by atoms with E-state index in [-0.39, 0.29) is 0 Å². The van der Waals surface area contributed by atoms with Gasteiger partial charge >= 0.3 is 5.97 Å². The normalized spacial score (nSPS) is 10.3. The van der Waals surface area contributed by atoms with Gasteiger partial charge in [0.25, 0.3) is 5.91 Å². The number of primary amides is 1. The molecule has 104 valence electrons. The van der Waals surface area contributed by atoms with Crippen LogP contribution in [0.4, 0.5) is 0 Å². The van der Waals surface area contributed by atoms with Crippen LogP contribution in [0.15, 0.2) is 34.9 Å². The average Bonchev–Trinajstić information content (AvgIpc) is 2.78. The largest absolute Gasteiger partial charge is 0.452 e. The minimum absolute atomic E-state index is 0.297. The fourth-order valence-corrected chi connectivity index (χ4v) is 2.08. The number of aromatic nitrogens is 2. The molecule has 0 saturated heterocycles. The number of hydrogen-bond donors (Lipinski definition) is 1. The molecule has 1 amide bonds. The quantitative estimate of drug-likeness (QED) is 0.858. The Morgan fingerprint density at radius 1 is 1.45 bits per heavy atom. The van der Waals surface area contributed by atoms with E-state index in [1.165, 1.54) is 6.20 Å². The van der Waals surface area contributed by atoms with Gasteiger partial charge in [0.05, 0.1) is 17.6 Å². The Morgan fingerprint density at radius 2 is 2.20 bits per heavy atom. The summed E-state index contributed by atoms with van der Waals surface area (Å²) in [5.41, 5.74) is 6.66. The summed E-state index contributed by atoms with van der Waals surface area (Å²) in [6.45, 7) is 1.30. The molecule has 1 aromatic carbocycles. The maximum absolute atomic E-state index is 11.8. The Kier molecular flexibility index (Phi) is 4.19. The maximum atomic E-state index is 11.8. The van der Waals surface area contributed by atoms with Crippen molar-refractivity contribution < 1.29 is 14.3 Å². The van der Waals surface area contributed by atoms with Crippen molar-refractivity contribution in [1.82, 2.24) is 9.78 Å². The number of amides is 1. The molecular weight excluding hydrogens is 326 g/mol. The van der Waals surface area contributed by atoms with Crippen LogP contribution in [0.5, 0.6) is 0 Å². The van der Waals surface area contributed by atoms with Crippen molar-refractivity contribution in [3.8, 4) is 5.69 Å². The van der Waals surface area contributed by atoms with Crippen molar-refractivity contribution in [3.63, 3.8) is 0 Å². The number of carbonyl (C=O) groups is 2. The van der Waals surface area contributed by atoms with Crippen LogP contribution < -0.4 is 5.73 Å². The number of rotatable bonds is 4. The first kappa shape index (κ1) is 14.3. The summed E-state index contributed by atoms with van der Waals surface area (Å²) in [4.78, 5) is 22.4. The number of benzene rings is 1. The molecule has 0 atom stereocenters. The fraction of sp³-hybridized carbons (Fsp3) is 0.154. The van der Waals surface area contributed by atoms with Crippen molar-refractivity contribution in [3.05, 3.63) is 46.2 Å². The monoisotopic (exact) mass is 337 g/mol. The zero-order chi connectivity index (χ0) is 14.7. The highest BCUT2D eigenvalue weighted by atomic mass is 79.9. The SMILES string of the molecule is Cc1c(C(=O)OCC(N)=O)cnn1-c1cccc(Br)c1. The summed E-state index contributed by atoms with van der Waals surface area (Å²) < 4.78 is 7.29. The Balaban J connectivity index is 2.27. The molecular formula is C13H12BrN3O3. The van der Waals surface area contributed by atoms with Gasteiger partial charge in [-0.25, -0.2) is 9.48 Å². The number of halogens is 1. The number of ether oxygens (including phenoxy) is 1. The molecule has 0 aliphatic rings. The zero-order valence-corrected chi connectivity index (χ0v) is 12.3. The molecule has 0 bridgehead atoms. The van der Waals surface area contributed by atoms with Gasteiger partial charge < -0.3 is 10.5 Å². The molecule has 20 heavy (non-hydrogen) atoms. The Bertz CT molecular complexity index is 667. The highest BCUT2D eigenvalue weighted by molar-refractivity contribution is 9.10. The standard InChI is InChI=1S/C13H12BrN3O3/c1-8-11(13(19)20-7-12(15)18)6-16-17(8)10-4-2-3-9(14)5-10/h2-6H,7H2,1H3,(H2,15,18). The molecule has 2 aromatic rings. The number of hydrogen-bond acceptors (Lipinski definition) is 4. The van der Waals surface area contributed by atoms with Crippen LogP contribution >= 0.6 is 15.9 Å². The first-order chi connectivity index (χ1) is 9.49. The molecule has 1 aromatic heterocycles. The van der Waals surface area contributed by atoms with E-state index in [1.807, 2.05) is 24.3 Å². The van der Waals surface area contributed by atoms with Gasteiger partial charge in [-0.1, -0.05) is 22.0 Å². The van der Waals surface area contributed by atoms with Crippen LogP contribution in [-0.4, -0.2) is 28.3 Å². The zero-order valence-electron chi connectivity index (χ0n) is 10.7. The molecule has 0 fully saturated rings. The summed E-state index contributed by atoms with van der Waals surface area (Å²) in [6, 6.07) is 7.50. The van der Waals surface area contributed by atoms with E-state index in [4.69, 9.17) is 10.5 Å². The van der Waals surface area contributed by atoms with Crippen LogP contribution in [0.2, 0.25) is 0 Å². The van der Waals surface area contributed by atoms with Crippen molar-refractivity contribution >= 4 is 27.8 Å². The minimum atomic E-state index is -0.699. The second kappa shape index (κ2) is 5.87. The lowest BCUT2D eigenvalue weighted by molar-refractivity contribution is -0.121. The lowest BCUT2D eigenvalue weighted by atomic mass is 10.2. The van der Waals surface area contributed by atoms with Crippen molar-refractivity contribution in [2.24, 2.45) is 5.73 Å². The van der Waals surface area contributed by atoms with Crippen LogP contribution in [0, 0.1) is 6.92 Å². The minimum Gasteiger partial charge on any atom is -0.452 e. The van der Waals surface area contributed by atoms with Crippen molar-refractivity contribution in [2.75, 3.05) is 6.61 Å². The van der Waals surface area contributed by atoms with E-state index < -0.39 is 18.5 Å². The third kappa shape index (κ3) is 3.05. The predicted molar refractivity (Wildman–Crippen MR) is 75.5 cm³/mol. The van der Waals surface area contributed by atoms with E-state index >= 15 is 0 Å². The van der Waals surface area contributed by atoms with E-state index in [0.29, 0.717) is 11.3 Å². The van der Waals surface area contributed by atoms with Gasteiger partial charge in [-0.15, -0.1) is 0 Å². The van der Waals surface area contributed by atoms with Crippen LogP contribution in [0.25, 0.3) is 5.69 Å². The summed E-state index contributed by atoms with van der Waals surface area (Å²) >= 11 is 3.38.